The number of carbonyl (C=O) groups excluding carboxylic acids is 2. The van der Waals surface area contributed by atoms with Gasteiger partial charge in [0.2, 0.25) is 11.8 Å². The number of nitrogens with one attached hydrogen (secondary N) is 2. The van der Waals surface area contributed by atoms with E-state index in [2.05, 4.69) is 10.6 Å². The van der Waals surface area contributed by atoms with Gasteiger partial charge < -0.3 is 10.6 Å². The standard InChI is InChI=1S/C20H20F2N2O4S/c21-16-9-8-14(12-17(16)22)24-18(25)13-23-19(26)20(10-4-5-11-20)29(27,28)15-6-2-1-3-7-15/h1-3,6-9,12H,4-5,10-11,13H2,(H,23,26)(H,24,25). The minimum Gasteiger partial charge on any atom is -0.346 e. The van der Waals surface area contributed by atoms with Crippen LogP contribution >= 0.6 is 0 Å². The Morgan fingerprint density at radius 2 is 1.62 bits per heavy atom. The molecule has 2 amide bonds. The van der Waals surface area contributed by atoms with Gasteiger partial charge in [0, 0.05) is 11.8 Å². The number of sulfone groups is 1. The molecule has 6 nitrogen and oxygen atoms in total. The first-order valence-electron chi connectivity index (χ1n) is 9.09. The van der Waals surface area contributed by atoms with Crippen LogP contribution in [0.4, 0.5) is 14.5 Å². The molecule has 2 aromatic carbocycles. The van der Waals surface area contributed by atoms with Crippen LogP contribution in [0.5, 0.6) is 0 Å². The molecule has 9 heteroatoms. The Balaban J connectivity index is 1.72. The molecule has 1 saturated carbocycles. The second kappa shape index (κ2) is 8.28. The van der Waals surface area contributed by atoms with Crippen molar-refractivity contribution >= 4 is 27.3 Å². The van der Waals surface area contributed by atoms with Crippen molar-refractivity contribution in [3.05, 3.63) is 60.2 Å². The van der Waals surface area contributed by atoms with E-state index in [1.807, 2.05) is 0 Å². The van der Waals surface area contributed by atoms with Crippen LogP contribution in [0.25, 0.3) is 0 Å². The molecule has 0 heterocycles. The Morgan fingerprint density at radius 3 is 2.24 bits per heavy atom. The van der Waals surface area contributed by atoms with Gasteiger partial charge in [-0.25, -0.2) is 17.2 Å². The molecule has 1 fully saturated rings. The van der Waals surface area contributed by atoms with Crippen molar-refractivity contribution < 1.29 is 26.8 Å². The topological polar surface area (TPSA) is 92.3 Å². The van der Waals surface area contributed by atoms with Crippen molar-refractivity contribution in [1.82, 2.24) is 5.32 Å². The fourth-order valence-electron chi connectivity index (χ4n) is 3.49. The Bertz CT molecular complexity index is 1020. The monoisotopic (exact) mass is 422 g/mol. The summed E-state index contributed by atoms with van der Waals surface area (Å²) in [5.41, 5.74) is 0.0237. The van der Waals surface area contributed by atoms with Gasteiger partial charge in [0.05, 0.1) is 11.4 Å². The maximum atomic E-state index is 13.2. The molecule has 0 spiro atoms. The van der Waals surface area contributed by atoms with Gasteiger partial charge in [-0.1, -0.05) is 31.0 Å². The molecule has 154 valence electrons. The van der Waals surface area contributed by atoms with Crippen LogP contribution in [0.3, 0.4) is 0 Å². The summed E-state index contributed by atoms with van der Waals surface area (Å²) in [6.07, 6.45) is 1.50. The van der Waals surface area contributed by atoms with Gasteiger partial charge in [-0.3, -0.25) is 9.59 Å². The normalized spacial score (nSPS) is 15.7. The molecule has 0 aliphatic heterocycles. The largest absolute Gasteiger partial charge is 0.346 e. The average molecular weight is 422 g/mol. The molecule has 29 heavy (non-hydrogen) atoms. The number of amides is 2. The van der Waals surface area contributed by atoms with Crippen molar-refractivity contribution in [2.45, 2.75) is 35.3 Å². The predicted octanol–water partition coefficient (Wildman–Crippen LogP) is 2.81. The molecule has 1 aliphatic carbocycles. The van der Waals surface area contributed by atoms with Crippen molar-refractivity contribution in [2.24, 2.45) is 0 Å². The van der Waals surface area contributed by atoms with Crippen LogP contribution in [0.15, 0.2) is 53.4 Å². The van der Waals surface area contributed by atoms with E-state index in [4.69, 9.17) is 0 Å². The van der Waals surface area contributed by atoms with Crippen LogP contribution in [-0.2, 0) is 19.4 Å². The first-order valence-corrected chi connectivity index (χ1v) is 10.6. The number of anilines is 1. The first-order chi connectivity index (χ1) is 13.8. The summed E-state index contributed by atoms with van der Waals surface area (Å²) in [6.45, 7) is -0.496. The van der Waals surface area contributed by atoms with E-state index in [0.29, 0.717) is 12.8 Å². The van der Waals surface area contributed by atoms with Gasteiger partial charge >= 0.3 is 0 Å². The highest BCUT2D eigenvalue weighted by molar-refractivity contribution is 7.93. The smallest absolute Gasteiger partial charge is 0.243 e. The van der Waals surface area contributed by atoms with Crippen molar-refractivity contribution in [2.75, 3.05) is 11.9 Å². The Kier molecular flexibility index (Phi) is 5.97. The molecule has 3 rings (SSSR count). The van der Waals surface area contributed by atoms with Gasteiger partial charge in [0.25, 0.3) is 0 Å². The molecule has 1 aliphatic rings. The zero-order valence-corrected chi connectivity index (χ0v) is 16.3. The molecule has 0 unspecified atom stereocenters. The van der Waals surface area contributed by atoms with Gasteiger partial charge in [-0.2, -0.15) is 0 Å². The summed E-state index contributed by atoms with van der Waals surface area (Å²) in [5.74, 6) is -3.59. The molecule has 0 radical (unpaired) electrons. The summed E-state index contributed by atoms with van der Waals surface area (Å²) in [4.78, 5) is 25.0. The SMILES string of the molecule is O=C(CNC(=O)C1(S(=O)(=O)c2ccccc2)CCCC1)Nc1ccc(F)c(F)c1. The zero-order valence-electron chi connectivity index (χ0n) is 15.5. The predicted molar refractivity (Wildman–Crippen MR) is 103 cm³/mol. The van der Waals surface area contributed by atoms with Crippen molar-refractivity contribution in [1.29, 1.82) is 0 Å². The summed E-state index contributed by atoms with van der Waals surface area (Å²) < 4.78 is 50.9. The van der Waals surface area contributed by atoms with Gasteiger partial charge in [-0.05, 0) is 37.1 Å². The molecular formula is C20H20F2N2O4S. The Morgan fingerprint density at radius 1 is 0.966 bits per heavy atom. The average Bonchev–Trinajstić information content (AvgIpc) is 3.21. The summed E-state index contributed by atoms with van der Waals surface area (Å²) in [7, 11) is -3.95. The lowest BCUT2D eigenvalue weighted by Crippen LogP contribution is -2.52. The fourth-order valence-corrected chi connectivity index (χ4v) is 5.60. The third-order valence-corrected chi connectivity index (χ3v) is 7.52. The van der Waals surface area contributed by atoms with Gasteiger partial charge in [0.1, 0.15) is 0 Å². The number of carbonyl (C=O) groups is 2. The van der Waals surface area contributed by atoms with E-state index < -0.39 is 44.6 Å². The Labute approximate surface area is 167 Å². The van der Waals surface area contributed by atoms with E-state index in [1.54, 1.807) is 18.2 Å². The third-order valence-electron chi connectivity index (χ3n) is 5.01. The number of rotatable bonds is 6. The van der Waals surface area contributed by atoms with Crippen molar-refractivity contribution in [3.63, 3.8) is 0 Å². The highest BCUT2D eigenvalue weighted by atomic mass is 32.2. The maximum Gasteiger partial charge on any atom is 0.243 e. The summed E-state index contributed by atoms with van der Waals surface area (Å²) in [5, 5.41) is 4.72. The van der Waals surface area contributed by atoms with Gasteiger partial charge in [0.15, 0.2) is 26.2 Å². The van der Waals surface area contributed by atoms with Crippen LogP contribution < -0.4 is 10.6 Å². The van der Waals surface area contributed by atoms with E-state index >= 15 is 0 Å². The number of halogens is 2. The third kappa shape index (κ3) is 4.14. The number of hydrogen-bond donors (Lipinski definition) is 2. The van der Waals surface area contributed by atoms with Crippen LogP contribution in [0, 0.1) is 11.6 Å². The van der Waals surface area contributed by atoms with E-state index in [0.717, 1.165) is 12.1 Å². The van der Waals surface area contributed by atoms with Crippen LogP contribution in [-0.4, -0.2) is 31.5 Å². The first kappa shape index (κ1) is 20.9. The minimum absolute atomic E-state index is 0.0237. The second-order valence-electron chi connectivity index (χ2n) is 6.88. The van der Waals surface area contributed by atoms with E-state index in [9.17, 15) is 26.8 Å². The molecule has 2 N–H and O–H groups in total. The summed E-state index contributed by atoms with van der Waals surface area (Å²) in [6, 6.07) is 10.6. The highest BCUT2D eigenvalue weighted by Gasteiger charge is 2.52. The molecular weight excluding hydrogens is 402 g/mol. The maximum absolute atomic E-state index is 13.2. The van der Waals surface area contributed by atoms with Crippen LogP contribution in [0.2, 0.25) is 0 Å². The number of benzene rings is 2. The molecule has 0 saturated heterocycles. The van der Waals surface area contributed by atoms with Crippen LogP contribution in [0.1, 0.15) is 25.7 Å². The highest BCUT2D eigenvalue weighted by Crippen LogP contribution is 2.40. The fraction of sp³-hybridized carbons (Fsp3) is 0.300. The molecule has 2 aromatic rings. The van der Waals surface area contributed by atoms with Crippen molar-refractivity contribution in [3.8, 4) is 0 Å². The van der Waals surface area contributed by atoms with Gasteiger partial charge in [-0.15, -0.1) is 0 Å². The zero-order chi connectivity index (χ0) is 21.1. The second-order valence-corrected chi connectivity index (χ2v) is 9.14. The molecule has 0 aromatic heterocycles. The lowest BCUT2D eigenvalue weighted by atomic mass is 10.1. The minimum atomic E-state index is -3.95. The van der Waals surface area contributed by atoms with E-state index in [1.165, 1.54) is 18.2 Å². The molecule has 0 atom stereocenters. The summed E-state index contributed by atoms with van der Waals surface area (Å²) >= 11 is 0. The molecule has 0 bridgehead atoms. The lowest BCUT2D eigenvalue weighted by molar-refractivity contribution is -0.126. The lowest BCUT2D eigenvalue weighted by Gasteiger charge is -2.27. The van der Waals surface area contributed by atoms with E-state index in [-0.39, 0.29) is 23.4 Å². The quantitative estimate of drug-likeness (QED) is 0.749. The number of hydrogen-bond acceptors (Lipinski definition) is 4. The Hall–Kier alpha value is -2.81.